The van der Waals surface area contributed by atoms with E-state index >= 15 is 0 Å². The van der Waals surface area contributed by atoms with Gasteiger partial charge in [0.15, 0.2) is 5.96 Å². The monoisotopic (exact) mass is 526 g/mol. The summed E-state index contributed by atoms with van der Waals surface area (Å²) >= 11 is 0. The van der Waals surface area contributed by atoms with Crippen LogP contribution < -0.4 is 15.4 Å². The molecule has 0 spiro atoms. The molecule has 0 aliphatic heterocycles. The normalized spacial score (nSPS) is 14.2. The van der Waals surface area contributed by atoms with Gasteiger partial charge in [0.25, 0.3) is 0 Å². The van der Waals surface area contributed by atoms with Crippen LogP contribution in [-0.2, 0) is 18.5 Å². The predicted molar refractivity (Wildman–Crippen MR) is 132 cm³/mol. The van der Waals surface area contributed by atoms with Gasteiger partial charge in [-0.05, 0) is 44.2 Å². The number of guanidine groups is 1. The zero-order chi connectivity index (χ0) is 20.9. The van der Waals surface area contributed by atoms with Crippen LogP contribution in [0.15, 0.2) is 33.8 Å². The number of benzene rings is 1. The van der Waals surface area contributed by atoms with E-state index in [-0.39, 0.29) is 29.4 Å². The number of nitrogens with zero attached hydrogens (tertiary/aromatic N) is 2. The zero-order valence-electron chi connectivity index (χ0n) is 18.7. The topological polar surface area (TPSA) is 71.7 Å². The van der Waals surface area contributed by atoms with Crippen molar-refractivity contribution in [3.63, 3.8) is 0 Å². The van der Waals surface area contributed by atoms with E-state index in [1.54, 1.807) is 6.20 Å². The molecular weight excluding hydrogens is 491 g/mol. The van der Waals surface area contributed by atoms with E-state index in [4.69, 9.17) is 14.1 Å². The van der Waals surface area contributed by atoms with Crippen molar-refractivity contribution in [3.8, 4) is 5.75 Å². The average molecular weight is 526 g/mol. The molecule has 0 unspecified atom stereocenters. The molecule has 2 aromatic rings. The Morgan fingerprint density at radius 1 is 1.27 bits per heavy atom. The van der Waals surface area contributed by atoms with Gasteiger partial charge in [0, 0.05) is 17.5 Å². The number of aryl methyl sites for hydroxylation is 1. The first-order valence-electron chi connectivity index (χ1n) is 10.5. The minimum Gasteiger partial charge on any atom is -0.493 e. The van der Waals surface area contributed by atoms with Gasteiger partial charge < -0.3 is 19.8 Å². The van der Waals surface area contributed by atoms with Crippen LogP contribution in [0.1, 0.15) is 63.3 Å². The average Bonchev–Trinajstić information content (AvgIpc) is 3.37. The SMILES string of the molecule is CCNC(=NCc1ccc(C)cc1OCC1CC1)NCc1ncc(C(C)(C)C)o1.I. The maximum absolute atomic E-state index is 6.06. The first-order chi connectivity index (χ1) is 13.8. The largest absolute Gasteiger partial charge is 0.493 e. The van der Waals surface area contributed by atoms with Crippen LogP contribution in [-0.4, -0.2) is 24.1 Å². The van der Waals surface area contributed by atoms with Gasteiger partial charge in [0.05, 0.1) is 25.9 Å². The van der Waals surface area contributed by atoms with Crippen LogP contribution in [0, 0.1) is 12.8 Å². The standard InChI is InChI=1S/C23H34N4O2.HI/c1-6-24-22(27-14-21-25-13-20(29-21)23(3,4)5)26-12-18-10-7-16(2)11-19(18)28-15-17-8-9-17;/h7,10-11,13,17H,6,8-9,12,14-15H2,1-5H3,(H2,24,26,27);1H. The van der Waals surface area contributed by atoms with Crippen molar-refractivity contribution in [2.45, 2.75) is 66.0 Å². The van der Waals surface area contributed by atoms with Crippen LogP contribution in [0.3, 0.4) is 0 Å². The molecule has 6 nitrogen and oxygen atoms in total. The summed E-state index contributed by atoms with van der Waals surface area (Å²) in [4.78, 5) is 9.10. The number of halogens is 1. The van der Waals surface area contributed by atoms with Crippen LogP contribution in [0.2, 0.25) is 0 Å². The second-order valence-electron chi connectivity index (χ2n) is 8.78. The van der Waals surface area contributed by atoms with Crippen molar-refractivity contribution >= 4 is 29.9 Å². The Hall–Kier alpha value is -1.77. The molecule has 0 atom stereocenters. The van der Waals surface area contributed by atoms with E-state index < -0.39 is 0 Å². The molecule has 0 amide bonds. The van der Waals surface area contributed by atoms with Crippen molar-refractivity contribution in [3.05, 3.63) is 47.2 Å². The third kappa shape index (κ3) is 7.49. The third-order valence-corrected chi connectivity index (χ3v) is 4.85. The van der Waals surface area contributed by atoms with Crippen molar-refractivity contribution in [2.24, 2.45) is 10.9 Å². The molecule has 0 radical (unpaired) electrons. The fraction of sp³-hybridized carbons (Fsp3) is 0.565. The molecule has 1 heterocycles. The zero-order valence-corrected chi connectivity index (χ0v) is 21.1. The molecule has 1 aromatic heterocycles. The van der Waals surface area contributed by atoms with Crippen molar-refractivity contribution in [2.75, 3.05) is 13.2 Å². The number of hydrogen-bond acceptors (Lipinski definition) is 4. The lowest BCUT2D eigenvalue weighted by Crippen LogP contribution is -2.36. The van der Waals surface area contributed by atoms with E-state index in [0.717, 1.165) is 42.1 Å². The van der Waals surface area contributed by atoms with E-state index in [1.165, 1.54) is 18.4 Å². The summed E-state index contributed by atoms with van der Waals surface area (Å²) in [5, 5.41) is 6.58. The smallest absolute Gasteiger partial charge is 0.213 e. The second kappa shape index (κ2) is 11.0. The van der Waals surface area contributed by atoms with Crippen LogP contribution in [0.25, 0.3) is 0 Å². The molecule has 2 N–H and O–H groups in total. The highest BCUT2D eigenvalue weighted by atomic mass is 127. The molecule has 30 heavy (non-hydrogen) atoms. The molecule has 1 aliphatic rings. The highest BCUT2D eigenvalue weighted by molar-refractivity contribution is 14.0. The molecule has 1 fully saturated rings. The Bertz CT molecular complexity index is 838. The minimum atomic E-state index is -0.0495. The van der Waals surface area contributed by atoms with Crippen LogP contribution >= 0.6 is 24.0 Å². The van der Waals surface area contributed by atoms with E-state index in [0.29, 0.717) is 19.0 Å². The lowest BCUT2D eigenvalue weighted by atomic mass is 9.94. The van der Waals surface area contributed by atoms with Crippen LogP contribution in [0.5, 0.6) is 5.75 Å². The number of oxazole rings is 1. The summed E-state index contributed by atoms with van der Waals surface area (Å²) in [6, 6.07) is 6.32. The van der Waals surface area contributed by atoms with Gasteiger partial charge >= 0.3 is 0 Å². The quantitative estimate of drug-likeness (QED) is 0.290. The summed E-state index contributed by atoms with van der Waals surface area (Å²) in [6.45, 7) is 13.1. The molecule has 0 bridgehead atoms. The highest BCUT2D eigenvalue weighted by Crippen LogP contribution is 2.31. The number of aliphatic imine (C=N–C) groups is 1. The maximum Gasteiger partial charge on any atom is 0.213 e. The molecule has 3 rings (SSSR count). The maximum atomic E-state index is 6.06. The van der Waals surface area contributed by atoms with Crippen LogP contribution in [0.4, 0.5) is 0 Å². The molecule has 166 valence electrons. The summed E-state index contributed by atoms with van der Waals surface area (Å²) in [5.41, 5.74) is 2.25. The Morgan fingerprint density at radius 3 is 2.67 bits per heavy atom. The number of nitrogens with one attached hydrogen (secondary N) is 2. The first kappa shape index (κ1) is 24.5. The number of rotatable bonds is 8. The summed E-state index contributed by atoms with van der Waals surface area (Å²) < 4.78 is 11.9. The summed E-state index contributed by atoms with van der Waals surface area (Å²) in [6.07, 6.45) is 4.37. The highest BCUT2D eigenvalue weighted by Gasteiger charge is 2.22. The lowest BCUT2D eigenvalue weighted by molar-refractivity contribution is 0.296. The van der Waals surface area contributed by atoms with Crippen molar-refractivity contribution < 1.29 is 9.15 Å². The van der Waals surface area contributed by atoms with Gasteiger partial charge in [-0.25, -0.2) is 9.98 Å². The molecule has 1 aliphatic carbocycles. The van der Waals surface area contributed by atoms with Gasteiger partial charge in [-0.15, -0.1) is 24.0 Å². The van der Waals surface area contributed by atoms with Gasteiger partial charge in [-0.1, -0.05) is 32.9 Å². The van der Waals surface area contributed by atoms with Gasteiger partial charge in [-0.3, -0.25) is 0 Å². The van der Waals surface area contributed by atoms with Gasteiger partial charge in [0.1, 0.15) is 11.5 Å². The predicted octanol–water partition coefficient (Wildman–Crippen LogP) is 4.94. The number of hydrogen-bond donors (Lipinski definition) is 2. The van der Waals surface area contributed by atoms with Crippen molar-refractivity contribution in [1.82, 2.24) is 15.6 Å². The number of ether oxygens (including phenoxy) is 1. The van der Waals surface area contributed by atoms with E-state index in [9.17, 15) is 0 Å². The second-order valence-corrected chi connectivity index (χ2v) is 8.78. The van der Waals surface area contributed by atoms with Gasteiger partial charge in [-0.2, -0.15) is 0 Å². The summed E-state index contributed by atoms with van der Waals surface area (Å²) in [7, 11) is 0. The van der Waals surface area contributed by atoms with Gasteiger partial charge in [0.2, 0.25) is 5.89 Å². The fourth-order valence-corrected chi connectivity index (χ4v) is 2.82. The summed E-state index contributed by atoms with van der Waals surface area (Å²) in [5.74, 6) is 3.94. The van der Waals surface area contributed by atoms with E-state index in [2.05, 4.69) is 68.4 Å². The first-order valence-corrected chi connectivity index (χ1v) is 10.5. The van der Waals surface area contributed by atoms with E-state index in [1.807, 2.05) is 0 Å². The molecular formula is C23H35IN4O2. The van der Waals surface area contributed by atoms with Crippen molar-refractivity contribution in [1.29, 1.82) is 0 Å². The Morgan fingerprint density at radius 2 is 2.03 bits per heavy atom. The molecule has 0 saturated heterocycles. The fourth-order valence-electron chi connectivity index (χ4n) is 2.82. The third-order valence-electron chi connectivity index (χ3n) is 4.85. The Kier molecular flexibility index (Phi) is 9.00. The molecule has 7 heteroatoms. The Balaban J connectivity index is 0.00000320. The number of aromatic nitrogens is 1. The minimum absolute atomic E-state index is 0. The molecule has 1 aromatic carbocycles. The lowest BCUT2D eigenvalue weighted by Gasteiger charge is -2.14. The molecule has 1 saturated carbocycles. The Labute approximate surface area is 197 Å².